The second kappa shape index (κ2) is 9.15. The largest absolute Gasteiger partial charge is 0.323 e. The van der Waals surface area contributed by atoms with E-state index in [1.165, 1.54) is 18.2 Å². The number of amides is 1. The van der Waals surface area contributed by atoms with Crippen molar-refractivity contribution in [2.24, 2.45) is 0 Å². The average Bonchev–Trinajstić information content (AvgIpc) is 3.29. The molecule has 0 fully saturated rings. The van der Waals surface area contributed by atoms with E-state index < -0.39 is 4.92 Å². The third-order valence-electron chi connectivity index (χ3n) is 4.50. The molecule has 152 valence electrons. The molecule has 0 saturated carbocycles. The highest BCUT2D eigenvalue weighted by molar-refractivity contribution is 7.13. The monoisotopic (exact) mass is 427 g/mol. The van der Waals surface area contributed by atoms with E-state index in [9.17, 15) is 14.9 Å². The normalized spacial score (nSPS) is 10.8. The van der Waals surface area contributed by atoms with Crippen LogP contribution in [0.1, 0.15) is 5.56 Å². The highest BCUT2D eigenvalue weighted by Gasteiger charge is 2.07. The molecule has 4 aromatic rings. The molecule has 7 heteroatoms. The minimum absolute atomic E-state index is 0.0118. The number of benzene rings is 3. The highest BCUT2D eigenvalue weighted by atomic mass is 32.1. The zero-order valence-corrected chi connectivity index (χ0v) is 17.1. The zero-order valence-electron chi connectivity index (χ0n) is 16.3. The van der Waals surface area contributed by atoms with Crippen molar-refractivity contribution in [1.29, 1.82) is 0 Å². The molecule has 1 amide bonds. The van der Waals surface area contributed by atoms with Crippen LogP contribution < -0.4 is 5.32 Å². The van der Waals surface area contributed by atoms with Gasteiger partial charge in [-0.1, -0.05) is 42.5 Å². The summed E-state index contributed by atoms with van der Waals surface area (Å²) in [6.07, 6.45) is 3.00. The molecule has 0 aliphatic rings. The Morgan fingerprint density at radius 1 is 0.935 bits per heavy atom. The number of nitrogens with zero attached hydrogens (tertiary/aromatic N) is 2. The van der Waals surface area contributed by atoms with Crippen molar-refractivity contribution in [2.45, 2.75) is 0 Å². The molecule has 0 radical (unpaired) electrons. The molecule has 0 unspecified atom stereocenters. The van der Waals surface area contributed by atoms with Crippen molar-refractivity contribution in [1.82, 2.24) is 4.98 Å². The van der Waals surface area contributed by atoms with Crippen LogP contribution in [0.5, 0.6) is 0 Å². The minimum atomic E-state index is -0.460. The van der Waals surface area contributed by atoms with Crippen LogP contribution in [0.15, 0.2) is 90.3 Å². The van der Waals surface area contributed by atoms with Crippen LogP contribution in [-0.2, 0) is 4.79 Å². The molecule has 0 bridgehead atoms. The van der Waals surface area contributed by atoms with Crippen LogP contribution in [0.3, 0.4) is 0 Å². The molecule has 1 aromatic heterocycles. The zero-order chi connectivity index (χ0) is 21.6. The lowest BCUT2D eigenvalue weighted by Crippen LogP contribution is -2.07. The summed E-state index contributed by atoms with van der Waals surface area (Å²) in [7, 11) is 0. The number of hydrogen-bond donors (Lipinski definition) is 1. The maximum atomic E-state index is 12.2. The average molecular weight is 427 g/mol. The van der Waals surface area contributed by atoms with Crippen LogP contribution >= 0.6 is 11.3 Å². The first-order chi connectivity index (χ1) is 15.1. The Morgan fingerprint density at radius 2 is 1.65 bits per heavy atom. The number of nitrogens with one attached hydrogen (secondary N) is 1. The second-order valence-electron chi connectivity index (χ2n) is 6.65. The van der Waals surface area contributed by atoms with E-state index >= 15 is 0 Å². The lowest BCUT2D eigenvalue weighted by atomic mass is 10.1. The quantitative estimate of drug-likeness (QED) is 0.231. The first-order valence-electron chi connectivity index (χ1n) is 9.43. The molecular formula is C24H17N3O3S. The van der Waals surface area contributed by atoms with Crippen LogP contribution in [-0.4, -0.2) is 15.8 Å². The molecule has 0 spiro atoms. The molecule has 3 aromatic carbocycles. The van der Waals surface area contributed by atoms with E-state index in [0.29, 0.717) is 11.3 Å². The van der Waals surface area contributed by atoms with Crippen LogP contribution in [0, 0.1) is 10.1 Å². The fraction of sp³-hybridized carbons (Fsp3) is 0. The molecule has 31 heavy (non-hydrogen) atoms. The predicted octanol–water partition coefficient (Wildman–Crippen LogP) is 6.04. The summed E-state index contributed by atoms with van der Waals surface area (Å²) in [6.45, 7) is 0. The summed E-state index contributed by atoms with van der Waals surface area (Å²) in [5, 5.41) is 16.5. The number of non-ortho nitro benzene ring substituents is 1. The Kier molecular flexibility index (Phi) is 5.96. The van der Waals surface area contributed by atoms with Crippen LogP contribution in [0.25, 0.3) is 27.9 Å². The van der Waals surface area contributed by atoms with Gasteiger partial charge in [0.15, 0.2) is 0 Å². The van der Waals surface area contributed by atoms with Gasteiger partial charge in [0.1, 0.15) is 5.01 Å². The number of rotatable bonds is 6. The summed E-state index contributed by atoms with van der Waals surface area (Å²) < 4.78 is 0. The van der Waals surface area contributed by atoms with Crippen LogP contribution in [0.4, 0.5) is 11.4 Å². The number of carbonyl (C=O) groups excluding carboxylic acids is 1. The fourth-order valence-electron chi connectivity index (χ4n) is 2.91. The topological polar surface area (TPSA) is 85.1 Å². The number of carbonyl (C=O) groups is 1. The lowest BCUT2D eigenvalue weighted by Gasteiger charge is -2.03. The van der Waals surface area contributed by atoms with Gasteiger partial charge in [0.2, 0.25) is 5.91 Å². The third-order valence-corrected chi connectivity index (χ3v) is 5.40. The lowest BCUT2D eigenvalue weighted by molar-refractivity contribution is -0.384. The van der Waals surface area contributed by atoms with Gasteiger partial charge in [-0.05, 0) is 35.9 Å². The summed E-state index contributed by atoms with van der Waals surface area (Å²) >= 11 is 1.59. The summed E-state index contributed by atoms with van der Waals surface area (Å²) in [5.41, 5.74) is 4.33. The molecule has 0 atom stereocenters. The second-order valence-corrected chi connectivity index (χ2v) is 7.51. The SMILES string of the molecule is O=C(/C=C/c1ccc([N+](=O)[O-])cc1)Nc1ccc(-c2csc(-c3ccccc3)n2)cc1. The predicted molar refractivity (Wildman–Crippen MR) is 124 cm³/mol. The van der Waals surface area contributed by atoms with Crippen molar-refractivity contribution >= 4 is 34.7 Å². The molecule has 4 rings (SSSR count). The maximum Gasteiger partial charge on any atom is 0.269 e. The summed E-state index contributed by atoms with van der Waals surface area (Å²) in [6, 6.07) is 23.5. The van der Waals surface area contributed by atoms with E-state index in [0.717, 1.165) is 21.8 Å². The van der Waals surface area contributed by atoms with Crippen molar-refractivity contribution < 1.29 is 9.72 Å². The molecule has 1 heterocycles. The first-order valence-corrected chi connectivity index (χ1v) is 10.3. The number of anilines is 1. The Labute approximate surface area is 182 Å². The smallest absolute Gasteiger partial charge is 0.269 e. The molecular weight excluding hydrogens is 410 g/mol. The van der Waals surface area contributed by atoms with Gasteiger partial charge in [-0.15, -0.1) is 11.3 Å². The summed E-state index contributed by atoms with van der Waals surface area (Å²) in [4.78, 5) is 27.1. The van der Waals surface area contributed by atoms with E-state index in [-0.39, 0.29) is 11.6 Å². The Bertz CT molecular complexity index is 1230. The third kappa shape index (κ3) is 5.09. The first kappa shape index (κ1) is 20.2. The van der Waals surface area contributed by atoms with Gasteiger partial charge in [0, 0.05) is 40.4 Å². The number of aromatic nitrogens is 1. The molecule has 6 nitrogen and oxygen atoms in total. The van der Waals surface area contributed by atoms with Gasteiger partial charge >= 0.3 is 0 Å². The van der Waals surface area contributed by atoms with Gasteiger partial charge in [-0.3, -0.25) is 14.9 Å². The van der Waals surface area contributed by atoms with Gasteiger partial charge in [0.25, 0.3) is 5.69 Å². The van der Waals surface area contributed by atoms with E-state index in [1.54, 1.807) is 29.5 Å². The highest BCUT2D eigenvalue weighted by Crippen LogP contribution is 2.29. The molecule has 0 aliphatic carbocycles. The summed E-state index contributed by atoms with van der Waals surface area (Å²) in [5.74, 6) is -0.286. The van der Waals surface area contributed by atoms with Crippen molar-refractivity contribution in [3.63, 3.8) is 0 Å². The number of thiazole rings is 1. The number of nitro benzene ring substituents is 1. The van der Waals surface area contributed by atoms with E-state index in [4.69, 9.17) is 4.98 Å². The molecule has 0 aliphatic heterocycles. The Hall–Kier alpha value is -4.10. The van der Waals surface area contributed by atoms with Gasteiger partial charge < -0.3 is 5.32 Å². The van der Waals surface area contributed by atoms with Crippen molar-refractivity contribution in [3.05, 3.63) is 106 Å². The maximum absolute atomic E-state index is 12.2. The molecule has 0 saturated heterocycles. The van der Waals surface area contributed by atoms with Gasteiger partial charge in [-0.25, -0.2) is 4.98 Å². The Morgan fingerprint density at radius 3 is 2.32 bits per heavy atom. The number of hydrogen-bond acceptors (Lipinski definition) is 5. The Balaban J connectivity index is 1.39. The number of nitro groups is 1. The van der Waals surface area contributed by atoms with E-state index in [1.807, 2.05) is 60.0 Å². The minimum Gasteiger partial charge on any atom is -0.323 e. The standard InChI is InChI=1S/C24H17N3O3S/c28-23(15-8-17-6-13-21(14-7-17)27(29)30)25-20-11-9-18(10-12-20)22-16-31-24(26-22)19-4-2-1-3-5-19/h1-16H,(H,25,28)/b15-8+. The van der Waals surface area contributed by atoms with Crippen molar-refractivity contribution in [2.75, 3.05) is 5.32 Å². The molecule has 1 N–H and O–H groups in total. The van der Waals surface area contributed by atoms with E-state index in [2.05, 4.69) is 5.32 Å². The van der Waals surface area contributed by atoms with Crippen molar-refractivity contribution in [3.8, 4) is 21.8 Å². The van der Waals surface area contributed by atoms with Gasteiger partial charge in [-0.2, -0.15) is 0 Å². The van der Waals surface area contributed by atoms with Gasteiger partial charge in [0.05, 0.1) is 10.6 Å². The van der Waals surface area contributed by atoms with Crippen LogP contribution in [0.2, 0.25) is 0 Å². The fourth-order valence-corrected chi connectivity index (χ4v) is 3.74.